The number of rotatable bonds is 8. The maximum absolute atomic E-state index is 10.8. The van der Waals surface area contributed by atoms with Crippen LogP contribution in [0, 0.1) is 0 Å². The first-order valence-electron chi connectivity index (χ1n) is 5.23. The Kier molecular flexibility index (Phi) is 8.57. The molecule has 0 aliphatic rings. The van der Waals surface area contributed by atoms with Gasteiger partial charge in [-0.2, -0.15) is 0 Å². The largest absolute Gasteiger partial charge is 0.359 e. The van der Waals surface area contributed by atoms with Gasteiger partial charge in [0.05, 0.1) is 0 Å². The number of nitrogens with one attached hydrogen (secondary N) is 2. The van der Waals surface area contributed by atoms with Crippen LogP contribution in [0.5, 0.6) is 0 Å². The van der Waals surface area contributed by atoms with E-state index in [1.54, 1.807) is 7.05 Å². The van der Waals surface area contributed by atoms with Crippen molar-refractivity contribution in [3.05, 3.63) is 0 Å². The molecule has 0 atom stereocenters. The van der Waals surface area contributed by atoms with E-state index in [9.17, 15) is 4.79 Å². The standard InChI is InChI=1S/C10H23N3O/c1-11-10(14)6-8-12-7-4-5-9-13(2)3/h12H,4-9H2,1-3H3,(H,11,14). The Balaban J connectivity index is 3.03. The zero-order chi connectivity index (χ0) is 10.8. The van der Waals surface area contributed by atoms with Gasteiger partial charge in [-0.1, -0.05) is 0 Å². The second-order valence-electron chi connectivity index (χ2n) is 3.68. The number of amides is 1. The van der Waals surface area contributed by atoms with E-state index >= 15 is 0 Å². The number of hydrogen-bond acceptors (Lipinski definition) is 3. The highest BCUT2D eigenvalue weighted by Gasteiger charge is 1.96. The van der Waals surface area contributed by atoms with E-state index in [2.05, 4.69) is 29.6 Å². The molecule has 0 aromatic heterocycles. The molecule has 4 nitrogen and oxygen atoms in total. The van der Waals surface area contributed by atoms with Crippen molar-refractivity contribution in [2.45, 2.75) is 19.3 Å². The minimum atomic E-state index is 0.103. The van der Waals surface area contributed by atoms with Crippen LogP contribution >= 0.6 is 0 Å². The maximum atomic E-state index is 10.8. The Bertz CT molecular complexity index is 148. The van der Waals surface area contributed by atoms with Crippen LogP contribution in [-0.2, 0) is 4.79 Å². The van der Waals surface area contributed by atoms with Crippen molar-refractivity contribution >= 4 is 5.91 Å². The molecule has 0 bridgehead atoms. The highest BCUT2D eigenvalue weighted by Crippen LogP contribution is 1.88. The van der Waals surface area contributed by atoms with Gasteiger partial charge in [-0.15, -0.1) is 0 Å². The molecule has 14 heavy (non-hydrogen) atoms. The average Bonchev–Trinajstić information content (AvgIpc) is 2.15. The molecule has 0 saturated carbocycles. The molecule has 0 aromatic rings. The van der Waals surface area contributed by atoms with Crippen LogP contribution in [0.25, 0.3) is 0 Å². The third-order valence-electron chi connectivity index (χ3n) is 2.02. The molecular weight excluding hydrogens is 178 g/mol. The van der Waals surface area contributed by atoms with E-state index < -0.39 is 0 Å². The van der Waals surface area contributed by atoms with Crippen LogP contribution in [0.2, 0.25) is 0 Å². The Labute approximate surface area is 87.0 Å². The molecule has 0 aromatic carbocycles. The van der Waals surface area contributed by atoms with Gasteiger partial charge in [-0.3, -0.25) is 4.79 Å². The molecule has 0 aliphatic carbocycles. The van der Waals surface area contributed by atoms with Crippen molar-refractivity contribution in [3.63, 3.8) is 0 Å². The molecule has 0 saturated heterocycles. The summed E-state index contributed by atoms with van der Waals surface area (Å²) in [6.45, 7) is 2.92. The molecule has 0 rings (SSSR count). The summed E-state index contributed by atoms with van der Waals surface area (Å²) in [7, 11) is 5.83. The first kappa shape index (κ1) is 13.4. The fourth-order valence-corrected chi connectivity index (χ4v) is 1.13. The van der Waals surface area contributed by atoms with Gasteiger partial charge in [0.2, 0.25) is 5.91 Å². The molecule has 1 amide bonds. The summed E-state index contributed by atoms with van der Waals surface area (Å²) in [4.78, 5) is 13.0. The van der Waals surface area contributed by atoms with Gasteiger partial charge in [0.25, 0.3) is 0 Å². The van der Waals surface area contributed by atoms with Gasteiger partial charge in [-0.05, 0) is 40.0 Å². The zero-order valence-electron chi connectivity index (χ0n) is 9.60. The second kappa shape index (κ2) is 8.97. The fourth-order valence-electron chi connectivity index (χ4n) is 1.13. The van der Waals surface area contributed by atoms with Gasteiger partial charge in [0.1, 0.15) is 0 Å². The van der Waals surface area contributed by atoms with E-state index in [1.165, 1.54) is 12.8 Å². The third-order valence-corrected chi connectivity index (χ3v) is 2.02. The highest BCUT2D eigenvalue weighted by molar-refractivity contribution is 5.75. The van der Waals surface area contributed by atoms with Crippen LogP contribution < -0.4 is 10.6 Å². The first-order chi connectivity index (χ1) is 6.66. The Hall–Kier alpha value is -0.610. The van der Waals surface area contributed by atoms with Crippen molar-refractivity contribution in [1.29, 1.82) is 0 Å². The molecule has 0 spiro atoms. The van der Waals surface area contributed by atoms with Crippen molar-refractivity contribution < 1.29 is 4.79 Å². The summed E-state index contributed by atoms with van der Waals surface area (Å²) in [6, 6.07) is 0. The minimum Gasteiger partial charge on any atom is -0.359 e. The van der Waals surface area contributed by atoms with Crippen LogP contribution in [0.15, 0.2) is 0 Å². The van der Waals surface area contributed by atoms with Gasteiger partial charge in [0.15, 0.2) is 0 Å². The van der Waals surface area contributed by atoms with Crippen molar-refractivity contribution in [3.8, 4) is 0 Å². The van der Waals surface area contributed by atoms with E-state index in [-0.39, 0.29) is 5.91 Å². The first-order valence-corrected chi connectivity index (χ1v) is 5.23. The highest BCUT2D eigenvalue weighted by atomic mass is 16.1. The molecule has 0 fully saturated rings. The zero-order valence-corrected chi connectivity index (χ0v) is 9.60. The van der Waals surface area contributed by atoms with Crippen molar-refractivity contribution in [1.82, 2.24) is 15.5 Å². The summed E-state index contributed by atoms with van der Waals surface area (Å²) in [5.41, 5.74) is 0. The summed E-state index contributed by atoms with van der Waals surface area (Å²) in [5, 5.41) is 5.84. The predicted octanol–water partition coefficient (Wildman–Crippen LogP) is 0.0539. The lowest BCUT2D eigenvalue weighted by molar-refractivity contribution is -0.120. The molecule has 0 aliphatic heterocycles. The van der Waals surface area contributed by atoms with Crippen LogP contribution in [0.1, 0.15) is 19.3 Å². The van der Waals surface area contributed by atoms with E-state index in [4.69, 9.17) is 0 Å². The van der Waals surface area contributed by atoms with E-state index in [1.807, 2.05) is 0 Å². The lowest BCUT2D eigenvalue weighted by Crippen LogP contribution is -2.25. The SMILES string of the molecule is CNC(=O)CCNCCCCN(C)C. The molecule has 0 radical (unpaired) electrons. The minimum absolute atomic E-state index is 0.103. The topological polar surface area (TPSA) is 44.4 Å². The van der Waals surface area contributed by atoms with Gasteiger partial charge >= 0.3 is 0 Å². The Morgan fingerprint density at radius 1 is 1.21 bits per heavy atom. The average molecular weight is 201 g/mol. The molecule has 2 N–H and O–H groups in total. The van der Waals surface area contributed by atoms with Crippen molar-refractivity contribution in [2.24, 2.45) is 0 Å². The summed E-state index contributed by atoms with van der Waals surface area (Å²) in [5.74, 6) is 0.103. The van der Waals surface area contributed by atoms with Gasteiger partial charge < -0.3 is 15.5 Å². The number of unbranched alkanes of at least 4 members (excludes halogenated alkanes) is 1. The summed E-state index contributed by atoms with van der Waals surface area (Å²) >= 11 is 0. The molecule has 4 heteroatoms. The summed E-state index contributed by atoms with van der Waals surface area (Å²) < 4.78 is 0. The van der Waals surface area contributed by atoms with Gasteiger partial charge in [-0.25, -0.2) is 0 Å². The van der Waals surface area contributed by atoms with Crippen molar-refractivity contribution in [2.75, 3.05) is 40.8 Å². The lowest BCUT2D eigenvalue weighted by atomic mass is 10.3. The van der Waals surface area contributed by atoms with E-state index in [0.717, 1.165) is 19.6 Å². The monoisotopic (exact) mass is 201 g/mol. The Morgan fingerprint density at radius 2 is 1.93 bits per heavy atom. The molecular formula is C10H23N3O. The number of carbonyl (C=O) groups excluding carboxylic acids is 1. The second-order valence-corrected chi connectivity index (χ2v) is 3.68. The third kappa shape index (κ3) is 9.48. The molecule has 84 valence electrons. The lowest BCUT2D eigenvalue weighted by Gasteiger charge is -2.09. The fraction of sp³-hybridized carbons (Fsp3) is 0.900. The van der Waals surface area contributed by atoms with Crippen LogP contribution in [0.3, 0.4) is 0 Å². The maximum Gasteiger partial charge on any atom is 0.221 e. The summed E-state index contributed by atoms with van der Waals surface area (Å²) in [6.07, 6.45) is 2.95. The van der Waals surface area contributed by atoms with Crippen LogP contribution in [0.4, 0.5) is 0 Å². The normalized spacial score (nSPS) is 10.6. The molecule has 0 heterocycles. The smallest absolute Gasteiger partial charge is 0.221 e. The molecule has 0 unspecified atom stereocenters. The number of hydrogen-bond donors (Lipinski definition) is 2. The quantitative estimate of drug-likeness (QED) is 0.546. The predicted molar refractivity (Wildman–Crippen MR) is 59.3 cm³/mol. The van der Waals surface area contributed by atoms with Crippen LogP contribution in [-0.4, -0.2) is 51.6 Å². The number of carbonyl (C=O) groups is 1. The van der Waals surface area contributed by atoms with Gasteiger partial charge in [0, 0.05) is 20.0 Å². The number of nitrogens with zero attached hydrogens (tertiary/aromatic N) is 1. The Morgan fingerprint density at radius 3 is 2.50 bits per heavy atom. The van der Waals surface area contributed by atoms with E-state index in [0.29, 0.717) is 6.42 Å².